The van der Waals surface area contributed by atoms with Gasteiger partial charge in [-0.2, -0.15) is 18.4 Å². The van der Waals surface area contributed by atoms with Crippen LogP contribution >= 0.6 is 0 Å². The summed E-state index contributed by atoms with van der Waals surface area (Å²) in [6.45, 7) is 1.93. The Morgan fingerprint density at radius 2 is 1.35 bits per heavy atom. The van der Waals surface area contributed by atoms with Crippen LogP contribution in [-0.2, 0) is 6.18 Å². The van der Waals surface area contributed by atoms with Crippen LogP contribution in [0, 0.1) is 18.3 Å². The van der Waals surface area contributed by atoms with Crippen LogP contribution in [-0.4, -0.2) is 0 Å². The van der Waals surface area contributed by atoms with Crippen LogP contribution in [0.4, 0.5) is 13.2 Å². The molecule has 0 amide bonds. The second-order valence-electron chi connectivity index (χ2n) is 4.59. The molecular formula is C16H12F3N. The molecule has 102 valence electrons. The molecule has 0 bridgehead atoms. The van der Waals surface area contributed by atoms with E-state index in [0.717, 1.165) is 23.3 Å². The smallest absolute Gasteiger partial charge is 0.197 e. The Morgan fingerprint density at radius 1 is 0.900 bits per heavy atom. The molecule has 4 heteroatoms. The Hall–Kier alpha value is -2.28. The molecule has 0 aliphatic rings. The van der Waals surface area contributed by atoms with E-state index < -0.39 is 17.7 Å². The maximum absolute atomic E-state index is 12.5. The van der Waals surface area contributed by atoms with E-state index in [-0.39, 0.29) is 0 Å². The van der Waals surface area contributed by atoms with Crippen LogP contribution in [0.15, 0.2) is 48.5 Å². The fourth-order valence-corrected chi connectivity index (χ4v) is 1.96. The molecule has 1 unspecified atom stereocenters. The van der Waals surface area contributed by atoms with Crippen molar-refractivity contribution in [2.24, 2.45) is 0 Å². The van der Waals surface area contributed by atoms with Gasteiger partial charge in [-0.25, -0.2) is 0 Å². The van der Waals surface area contributed by atoms with Gasteiger partial charge in [0.15, 0.2) is 0 Å². The van der Waals surface area contributed by atoms with Crippen LogP contribution in [0.25, 0.3) is 0 Å². The van der Waals surface area contributed by atoms with Crippen molar-refractivity contribution in [1.29, 1.82) is 5.26 Å². The third-order valence-corrected chi connectivity index (χ3v) is 3.11. The van der Waals surface area contributed by atoms with E-state index in [9.17, 15) is 18.4 Å². The molecule has 0 saturated heterocycles. The summed E-state index contributed by atoms with van der Waals surface area (Å²) in [6.07, 6.45) is -4.36. The molecule has 0 heterocycles. The van der Waals surface area contributed by atoms with Crippen LogP contribution in [0.2, 0.25) is 0 Å². The van der Waals surface area contributed by atoms with Gasteiger partial charge in [0.05, 0.1) is 17.6 Å². The van der Waals surface area contributed by atoms with Gasteiger partial charge in [0, 0.05) is 0 Å². The summed E-state index contributed by atoms with van der Waals surface area (Å²) < 4.78 is 37.5. The molecule has 20 heavy (non-hydrogen) atoms. The lowest BCUT2D eigenvalue weighted by molar-refractivity contribution is -0.137. The van der Waals surface area contributed by atoms with E-state index in [1.807, 2.05) is 31.2 Å². The predicted octanol–water partition coefficient (Wildman–Crippen LogP) is 4.67. The van der Waals surface area contributed by atoms with Crippen molar-refractivity contribution in [1.82, 2.24) is 0 Å². The van der Waals surface area contributed by atoms with Crippen molar-refractivity contribution >= 4 is 0 Å². The Balaban J connectivity index is 2.34. The predicted molar refractivity (Wildman–Crippen MR) is 70.1 cm³/mol. The van der Waals surface area contributed by atoms with Gasteiger partial charge in [0.2, 0.25) is 0 Å². The highest BCUT2D eigenvalue weighted by Gasteiger charge is 2.30. The summed E-state index contributed by atoms with van der Waals surface area (Å²) in [6, 6.07) is 14.3. The second-order valence-corrected chi connectivity index (χ2v) is 4.59. The van der Waals surface area contributed by atoms with Crippen molar-refractivity contribution < 1.29 is 13.2 Å². The van der Waals surface area contributed by atoms with E-state index in [2.05, 4.69) is 6.07 Å². The number of hydrogen-bond donors (Lipinski definition) is 0. The summed E-state index contributed by atoms with van der Waals surface area (Å²) in [5.74, 6) is -0.558. The lowest BCUT2D eigenvalue weighted by Gasteiger charge is -2.12. The van der Waals surface area contributed by atoms with Gasteiger partial charge in [-0.1, -0.05) is 42.0 Å². The van der Waals surface area contributed by atoms with Crippen molar-refractivity contribution in [2.45, 2.75) is 19.0 Å². The molecule has 1 atom stereocenters. The normalized spacial score (nSPS) is 12.8. The number of benzene rings is 2. The maximum Gasteiger partial charge on any atom is 0.416 e. The van der Waals surface area contributed by atoms with Crippen LogP contribution < -0.4 is 0 Å². The van der Waals surface area contributed by atoms with Gasteiger partial charge in [0.25, 0.3) is 0 Å². The van der Waals surface area contributed by atoms with Crippen LogP contribution in [0.1, 0.15) is 28.2 Å². The van der Waals surface area contributed by atoms with Crippen molar-refractivity contribution in [3.8, 4) is 6.07 Å². The van der Waals surface area contributed by atoms with Crippen molar-refractivity contribution in [2.75, 3.05) is 0 Å². The third-order valence-electron chi connectivity index (χ3n) is 3.11. The Kier molecular flexibility index (Phi) is 3.80. The van der Waals surface area contributed by atoms with Crippen molar-refractivity contribution in [3.05, 3.63) is 70.8 Å². The van der Waals surface area contributed by atoms with Gasteiger partial charge in [0.1, 0.15) is 0 Å². The third kappa shape index (κ3) is 3.00. The number of alkyl halides is 3. The molecule has 1 nitrogen and oxygen atoms in total. The monoisotopic (exact) mass is 275 g/mol. The first kappa shape index (κ1) is 14.1. The highest BCUT2D eigenvalue weighted by molar-refractivity contribution is 5.40. The number of rotatable bonds is 2. The van der Waals surface area contributed by atoms with Gasteiger partial charge in [-0.05, 0) is 30.2 Å². The molecule has 0 fully saturated rings. The quantitative estimate of drug-likeness (QED) is 0.781. The first-order valence-corrected chi connectivity index (χ1v) is 6.05. The number of nitriles is 1. The first-order chi connectivity index (χ1) is 9.41. The largest absolute Gasteiger partial charge is 0.416 e. The number of nitrogens with zero attached hydrogens (tertiary/aromatic N) is 1. The average Bonchev–Trinajstić information content (AvgIpc) is 2.41. The van der Waals surface area contributed by atoms with E-state index in [0.29, 0.717) is 5.56 Å². The Morgan fingerprint density at radius 3 is 1.75 bits per heavy atom. The van der Waals surface area contributed by atoms with Crippen LogP contribution in [0.5, 0.6) is 0 Å². The molecule has 0 radical (unpaired) electrons. The van der Waals surface area contributed by atoms with Crippen LogP contribution in [0.3, 0.4) is 0 Å². The second kappa shape index (κ2) is 5.38. The minimum absolute atomic E-state index is 0.558. The van der Waals surface area contributed by atoms with Gasteiger partial charge < -0.3 is 0 Å². The standard InChI is InChI=1S/C16H12F3N/c1-11-2-4-12(5-3-11)15(10-20)13-6-8-14(9-7-13)16(17,18)19/h2-9,15H,1H3. The molecule has 2 rings (SSSR count). The van der Waals surface area contributed by atoms with E-state index in [1.54, 1.807) is 0 Å². The Bertz CT molecular complexity index is 619. The minimum Gasteiger partial charge on any atom is -0.197 e. The highest BCUT2D eigenvalue weighted by atomic mass is 19.4. The summed E-state index contributed by atoms with van der Waals surface area (Å²) in [4.78, 5) is 0. The summed E-state index contributed by atoms with van der Waals surface area (Å²) in [7, 11) is 0. The molecule has 0 saturated carbocycles. The summed E-state index contributed by atoms with van der Waals surface area (Å²) in [5.41, 5.74) is 1.70. The molecule has 2 aromatic carbocycles. The SMILES string of the molecule is Cc1ccc(C(C#N)c2ccc(C(F)(F)F)cc2)cc1. The molecule has 0 aliphatic heterocycles. The topological polar surface area (TPSA) is 23.8 Å². The van der Waals surface area contributed by atoms with Gasteiger partial charge in [-0.3, -0.25) is 0 Å². The zero-order valence-corrected chi connectivity index (χ0v) is 10.8. The van der Waals surface area contributed by atoms with E-state index >= 15 is 0 Å². The fourth-order valence-electron chi connectivity index (χ4n) is 1.96. The lowest BCUT2D eigenvalue weighted by atomic mass is 9.91. The van der Waals surface area contributed by atoms with Gasteiger partial charge in [-0.15, -0.1) is 0 Å². The zero-order chi connectivity index (χ0) is 14.8. The molecular weight excluding hydrogens is 263 g/mol. The number of aryl methyl sites for hydroxylation is 1. The van der Waals surface area contributed by atoms with E-state index in [4.69, 9.17) is 0 Å². The molecule has 0 N–H and O–H groups in total. The first-order valence-electron chi connectivity index (χ1n) is 6.05. The minimum atomic E-state index is -4.36. The zero-order valence-electron chi connectivity index (χ0n) is 10.8. The summed E-state index contributed by atoms with van der Waals surface area (Å²) >= 11 is 0. The van der Waals surface area contributed by atoms with Gasteiger partial charge >= 0.3 is 6.18 Å². The molecule has 0 aromatic heterocycles. The van der Waals surface area contributed by atoms with E-state index in [1.165, 1.54) is 12.1 Å². The summed E-state index contributed by atoms with van der Waals surface area (Å²) in [5, 5.41) is 9.26. The fraction of sp³-hybridized carbons (Fsp3) is 0.188. The molecule has 0 spiro atoms. The molecule has 2 aromatic rings. The highest BCUT2D eigenvalue weighted by Crippen LogP contribution is 2.31. The number of hydrogen-bond acceptors (Lipinski definition) is 1. The molecule has 0 aliphatic carbocycles. The maximum atomic E-state index is 12.5. The lowest BCUT2D eigenvalue weighted by Crippen LogP contribution is -2.05. The average molecular weight is 275 g/mol. The Labute approximate surface area is 115 Å². The van der Waals surface area contributed by atoms with Crippen molar-refractivity contribution in [3.63, 3.8) is 0 Å². The number of halogens is 3.